The highest BCUT2D eigenvalue weighted by atomic mass is 19.1. The summed E-state index contributed by atoms with van der Waals surface area (Å²) in [6, 6.07) is 9.61. The number of anilines is 3. The number of methoxy groups -OCH3 is 1. The van der Waals surface area contributed by atoms with Gasteiger partial charge < -0.3 is 15.8 Å². The Morgan fingerprint density at radius 2 is 2.00 bits per heavy atom. The molecule has 29 heavy (non-hydrogen) atoms. The molecule has 4 rings (SSSR count). The third-order valence-electron chi connectivity index (χ3n) is 4.40. The van der Waals surface area contributed by atoms with Crippen molar-refractivity contribution in [3.63, 3.8) is 0 Å². The first-order valence-electron chi connectivity index (χ1n) is 8.72. The van der Waals surface area contributed by atoms with E-state index in [1.807, 2.05) is 6.07 Å². The van der Waals surface area contributed by atoms with Crippen LogP contribution < -0.4 is 15.8 Å². The predicted molar refractivity (Wildman–Crippen MR) is 111 cm³/mol. The molecule has 146 valence electrons. The molecule has 4 N–H and O–H groups in total. The first kappa shape index (κ1) is 18.4. The van der Waals surface area contributed by atoms with Crippen LogP contribution in [0.2, 0.25) is 0 Å². The van der Waals surface area contributed by atoms with Gasteiger partial charge in [0.25, 0.3) is 0 Å². The van der Waals surface area contributed by atoms with E-state index in [0.717, 1.165) is 11.1 Å². The van der Waals surface area contributed by atoms with E-state index >= 15 is 0 Å². The Hall–Kier alpha value is -4.01. The molecule has 0 aliphatic heterocycles. The van der Waals surface area contributed by atoms with Crippen molar-refractivity contribution in [3.05, 3.63) is 54.1 Å². The molecule has 0 spiro atoms. The summed E-state index contributed by atoms with van der Waals surface area (Å²) in [4.78, 5) is 12.6. The summed E-state index contributed by atoms with van der Waals surface area (Å²) < 4.78 is 18.8. The lowest BCUT2D eigenvalue weighted by atomic mass is 10.1. The van der Waals surface area contributed by atoms with Crippen molar-refractivity contribution < 1.29 is 9.13 Å². The van der Waals surface area contributed by atoms with Crippen LogP contribution in [0.25, 0.3) is 22.3 Å². The number of halogens is 1. The minimum absolute atomic E-state index is 0.320. The lowest BCUT2D eigenvalue weighted by molar-refractivity contribution is 0.417. The Kier molecular flexibility index (Phi) is 4.78. The number of nitrogen functional groups attached to an aromatic ring is 1. The average Bonchev–Trinajstić information content (AvgIpc) is 3.16. The second-order valence-electron chi connectivity index (χ2n) is 6.22. The maximum atomic E-state index is 13.3. The number of aromatic nitrogens is 4. The molecule has 0 fully saturated rings. The Balaban J connectivity index is 1.84. The average molecular weight is 391 g/mol. The Bertz CT molecular complexity index is 1200. The summed E-state index contributed by atoms with van der Waals surface area (Å²) in [6.45, 7) is 0. The van der Waals surface area contributed by atoms with E-state index in [9.17, 15) is 4.39 Å². The van der Waals surface area contributed by atoms with Gasteiger partial charge in [0.15, 0.2) is 5.65 Å². The normalized spacial score (nSPS) is 11.3. The molecule has 0 saturated carbocycles. The molecular formula is C20H18FN7O. The second kappa shape index (κ2) is 7.55. The number of nitrogens with one attached hydrogen (secondary N) is 2. The predicted octanol–water partition coefficient (Wildman–Crippen LogP) is 3.54. The molecule has 0 atom stereocenters. The third-order valence-corrected chi connectivity index (χ3v) is 4.40. The minimum atomic E-state index is -0.320. The number of benzene rings is 2. The van der Waals surface area contributed by atoms with Gasteiger partial charge in [-0.15, -0.1) is 0 Å². The van der Waals surface area contributed by atoms with Gasteiger partial charge >= 0.3 is 0 Å². The fraction of sp³-hybridized carbons (Fsp3) is 0.100. The van der Waals surface area contributed by atoms with E-state index in [0.29, 0.717) is 39.7 Å². The fourth-order valence-electron chi connectivity index (χ4n) is 3.03. The zero-order valence-electron chi connectivity index (χ0n) is 15.8. The van der Waals surface area contributed by atoms with Crippen LogP contribution in [0.15, 0.2) is 47.7 Å². The largest absolute Gasteiger partial charge is 0.494 e. The maximum Gasteiger partial charge on any atom is 0.161 e. The molecule has 2 heterocycles. The van der Waals surface area contributed by atoms with Crippen LogP contribution in [-0.2, 0) is 0 Å². The topological polar surface area (TPSA) is 114 Å². The number of rotatable bonds is 5. The van der Waals surface area contributed by atoms with Gasteiger partial charge in [0, 0.05) is 36.1 Å². The second-order valence-corrected chi connectivity index (χ2v) is 6.22. The summed E-state index contributed by atoms with van der Waals surface area (Å²) in [7, 11) is 3.23. The van der Waals surface area contributed by atoms with E-state index in [1.165, 1.54) is 18.5 Å². The van der Waals surface area contributed by atoms with Crippen molar-refractivity contribution in [1.29, 1.82) is 0 Å². The first-order valence-corrected chi connectivity index (χ1v) is 8.72. The minimum Gasteiger partial charge on any atom is -0.494 e. The smallest absolute Gasteiger partial charge is 0.161 e. The standard InChI is InChI=1S/C20H18FN7O/c1-23-9-12-7-15(16(29-2)8-14(12)22)26-19-17-18(11-3-5-13(21)6-4-11)27-28-20(17)25-10-24-19/h3-10H,22H2,1-2H3,(H2,24,25,26,27,28)/b23-9-. The molecule has 9 heteroatoms. The van der Waals surface area contributed by atoms with Crippen molar-refractivity contribution in [2.45, 2.75) is 0 Å². The Morgan fingerprint density at radius 1 is 1.21 bits per heavy atom. The number of aromatic amines is 1. The van der Waals surface area contributed by atoms with Crippen molar-refractivity contribution in [1.82, 2.24) is 20.2 Å². The van der Waals surface area contributed by atoms with E-state index in [-0.39, 0.29) is 5.82 Å². The number of nitrogens with two attached hydrogens (primary N) is 1. The molecule has 0 amide bonds. The molecular weight excluding hydrogens is 373 g/mol. The van der Waals surface area contributed by atoms with Gasteiger partial charge in [0.05, 0.1) is 18.2 Å². The zero-order chi connectivity index (χ0) is 20.4. The summed E-state index contributed by atoms with van der Waals surface area (Å²) >= 11 is 0. The number of fused-ring (bicyclic) bond motifs is 1. The lowest BCUT2D eigenvalue weighted by Crippen LogP contribution is -2.02. The highest BCUT2D eigenvalue weighted by Crippen LogP contribution is 2.35. The monoisotopic (exact) mass is 391 g/mol. The molecule has 0 aliphatic carbocycles. The molecule has 0 saturated heterocycles. The van der Waals surface area contributed by atoms with Gasteiger partial charge in [0.2, 0.25) is 0 Å². The molecule has 2 aromatic carbocycles. The molecule has 0 bridgehead atoms. The first-order chi connectivity index (χ1) is 14.1. The van der Waals surface area contributed by atoms with Gasteiger partial charge in [-0.2, -0.15) is 5.10 Å². The van der Waals surface area contributed by atoms with Crippen LogP contribution in [0.1, 0.15) is 5.56 Å². The Morgan fingerprint density at radius 3 is 2.72 bits per heavy atom. The summed E-state index contributed by atoms with van der Waals surface area (Å²) in [5.41, 5.74) is 9.89. The van der Waals surface area contributed by atoms with E-state index in [4.69, 9.17) is 10.5 Å². The third kappa shape index (κ3) is 3.45. The van der Waals surface area contributed by atoms with Gasteiger partial charge in [-0.25, -0.2) is 14.4 Å². The molecule has 0 unspecified atom stereocenters. The van der Waals surface area contributed by atoms with Gasteiger partial charge in [-0.05, 0) is 30.3 Å². The van der Waals surface area contributed by atoms with Crippen LogP contribution in [0.5, 0.6) is 5.75 Å². The van der Waals surface area contributed by atoms with Crippen LogP contribution >= 0.6 is 0 Å². The highest BCUT2D eigenvalue weighted by Gasteiger charge is 2.17. The van der Waals surface area contributed by atoms with Gasteiger partial charge in [0.1, 0.15) is 29.4 Å². The molecule has 8 nitrogen and oxygen atoms in total. The highest BCUT2D eigenvalue weighted by molar-refractivity contribution is 6.00. The van der Waals surface area contributed by atoms with Crippen LogP contribution in [-0.4, -0.2) is 40.5 Å². The molecule has 0 radical (unpaired) electrons. The van der Waals surface area contributed by atoms with E-state index < -0.39 is 0 Å². The van der Waals surface area contributed by atoms with Crippen LogP contribution in [0.3, 0.4) is 0 Å². The molecule has 4 aromatic rings. The number of hydrogen-bond donors (Lipinski definition) is 3. The van der Waals surface area contributed by atoms with Crippen molar-refractivity contribution in [3.8, 4) is 17.0 Å². The molecule has 2 aromatic heterocycles. The van der Waals surface area contributed by atoms with Crippen LogP contribution in [0.4, 0.5) is 21.6 Å². The Labute approximate surface area is 165 Å². The number of aliphatic imine (C=N–C) groups is 1. The zero-order valence-corrected chi connectivity index (χ0v) is 15.8. The number of ether oxygens (including phenoxy) is 1. The van der Waals surface area contributed by atoms with E-state index in [1.54, 1.807) is 38.6 Å². The lowest BCUT2D eigenvalue weighted by Gasteiger charge is -2.14. The summed E-state index contributed by atoms with van der Waals surface area (Å²) in [6.07, 6.45) is 3.09. The number of H-pyrrole nitrogens is 1. The van der Waals surface area contributed by atoms with Crippen molar-refractivity contribution in [2.75, 3.05) is 25.2 Å². The quantitative estimate of drug-likeness (QED) is 0.354. The van der Waals surface area contributed by atoms with Gasteiger partial charge in [-0.1, -0.05) is 0 Å². The number of nitrogens with zero attached hydrogens (tertiary/aromatic N) is 4. The molecule has 0 aliphatic rings. The summed E-state index contributed by atoms with van der Waals surface area (Å²) in [5, 5.41) is 11.2. The number of hydrogen-bond acceptors (Lipinski definition) is 7. The fourth-order valence-corrected chi connectivity index (χ4v) is 3.03. The summed E-state index contributed by atoms with van der Waals surface area (Å²) in [5.74, 6) is 0.750. The maximum absolute atomic E-state index is 13.3. The van der Waals surface area contributed by atoms with Crippen LogP contribution in [0, 0.1) is 5.82 Å². The van der Waals surface area contributed by atoms with E-state index in [2.05, 4.69) is 30.5 Å². The van der Waals surface area contributed by atoms with Gasteiger partial charge in [-0.3, -0.25) is 10.1 Å². The van der Waals surface area contributed by atoms with Crippen molar-refractivity contribution >= 4 is 34.4 Å². The van der Waals surface area contributed by atoms with Crippen molar-refractivity contribution in [2.24, 2.45) is 4.99 Å². The SMILES string of the molecule is C/N=C\c1cc(Nc2ncnc3[nH]nc(-c4ccc(F)cc4)c23)c(OC)cc1N.